The summed E-state index contributed by atoms with van der Waals surface area (Å²) in [5.74, 6) is -0.0476. The third-order valence-electron chi connectivity index (χ3n) is 4.96. The van der Waals surface area contributed by atoms with Crippen LogP contribution in [0.15, 0.2) is 12.4 Å². The van der Waals surface area contributed by atoms with Gasteiger partial charge in [0.15, 0.2) is 0 Å². The molecule has 0 aromatic carbocycles. The van der Waals surface area contributed by atoms with Crippen molar-refractivity contribution < 1.29 is 14.3 Å². The van der Waals surface area contributed by atoms with E-state index >= 15 is 0 Å². The summed E-state index contributed by atoms with van der Waals surface area (Å²) in [5, 5.41) is 2.92. The fourth-order valence-corrected chi connectivity index (χ4v) is 3.61. The Balaban J connectivity index is 1.44. The number of hydrogen-bond donors (Lipinski definition) is 1. The number of aromatic nitrogens is 2. The van der Waals surface area contributed by atoms with Crippen molar-refractivity contribution in [2.75, 3.05) is 26.3 Å². The first-order valence-corrected chi connectivity index (χ1v) is 9.20. The molecule has 7 heteroatoms. The summed E-state index contributed by atoms with van der Waals surface area (Å²) in [7, 11) is 0. The quantitative estimate of drug-likeness (QED) is 0.743. The lowest BCUT2D eigenvalue weighted by molar-refractivity contribution is -0.144. The van der Waals surface area contributed by atoms with Gasteiger partial charge in [-0.25, -0.2) is 0 Å². The van der Waals surface area contributed by atoms with Gasteiger partial charge in [0.25, 0.3) is 0 Å². The van der Waals surface area contributed by atoms with Crippen LogP contribution in [-0.2, 0) is 20.8 Å². The van der Waals surface area contributed by atoms with Gasteiger partial charge in [0.1, 0.15) is 6.10 Å². The van der Waals surface area contributed by atoms with Crippen molar-refractivity contribution in [3.8, 4) is 0 Å². The number of rotatable bonds is 7. The minimum atomic E-state index is -0.355. The van der Waals surface area contributed by atoms with Crippen molar-refractivity contribution in [3.05, 3.63) is 23.8 Å². The molecule has 2 aliphatic rings. The average Bonchev–Trinajstić information content (AvgIpc) is 3.03. The normalized spacial score (nSPS) is 26.4. The van der Waals surface area contributed by atoms with E-state index < -0.39 is 0 Å². The molecule has 1 aromatic rings. The maximum atomic E-state index is 12.4. The zero-order valence-corrected chi connectivity index (χ0v) is 15.1. The Kier molecular flexibility index (Phi) is 6.34. The van der Waals surface area contributed by atoms with Gasteiger partial charge in [-0.3, -0.25) is 19.7 Å². The summed E-state index contributed by atoms with van der Waals surface area (Å²) >= 11 is 0. The number of carbonyl (C=O) groups is 1. The van der Waals surface area contributed by atoms with E-state index in [4.69, 9.17) is 9.47 Å². The highest BCUT2D eigenvalue weighted by Gasteiger charge is 2.41. The number of nitrogens with one attached hydrogen (secondary N) is 1. The second-order valence-corrected chi connectivity index (χ2v) is 6.70. The molecule has 0 bridgehead atoms. The molecule has 2 fully saturated rings. The molecule has 2 saturated heterocycles. The first-order chi connectivity index (χ1) is 12.2. The van der Waals surface area contributed by atoms with Crippen molar-refractivity contribution >= 4 is 5.91 Å². The first-order valence-electron chi connectivity index (χ1n) is 9.20. The molecule has 0 radical (unpaired) electrons. The van der Waals surface area contributed by atoms with Gasteiger partial charge in [-0.15, -0.1) is 0 Å². The van der Waals surface area contributed by atoms with E-state index in [-0.39, 0.29) is 18.1 Å². The van der Waals surface area contributed by atoms with Gasteiger partial charge in [-0.05, 0) is 33.1 Å². The number of hydrogen-bond acceptors (Lipinski definition) is 6. The fourth-order valence-electron chi connectivity index (χ4n) is 3.61. The molecule has 138 valence electrons. The topological polar surface area (TPSA) is 76.6 Å². The summed E-state index contributed by atoms with van der Waals surface area (Å²) in [6.07, 6.45) is 5.96. The first kappa shape index (κ1) is 18.2. The summed E-state index contributed by atoms with van der Waals surface area (Å²) in [4.78, 5) is 23.3. The lowest BCUT2D eigenvalue weighted by Gasteiger charge is -2.35. The number of ether oxygens (including phenoxy) is 2. The van der Waals surface area contributed by atoms with Crippen LogP contribution in [0.2, 0.25) is 0 Å². The zero-order chi connectivity index (χ0) is 17.6. The standard InChI is InChI=1S/C18H28N4O3/c1-3-24-9-8-22-7-6-16-15(22)4-5-17(25-16)18(23)21-12-14-11-19-13(2)10-20-14/h10-11,15-17H,3-9,12H2,1-2H3,(H,21,23)/t15-,16-,17-/m0/s1. The van der Waals surface area contributed by atoms with Crippen LogP contribution < -0.4 is 5.32 Å². The van der Waals surface area contributed by atoms with Crippen LogP contribution in [0.1, 0.15) is 37.6 Å². The van der Waals surface area contributed by atoms with Crippen LogP contribution in [0, 0.1) is 6.92 Å². The molecule has 3 atom stereocenters. The molecule has 25 heavy (non-hydrogen) atoms. The molecule has 1 N–H and O–H groups in total. The van der Waals surface area contributed by atoms with Crippen molar-refractivity contribution in [2.24, 2.45) is 0 Å². The SMILES string of the molecule is CCOCCN1CC[C@@H]2O[C@H](C(=O)NCc3cnc(C)cn3)CC[C@@H]21. The second-order valence-electron chi connectivity index (χ2n) is 6.70. The molecule has 1 aromatic heterocycles. The molecule has 0 aliphatic carbocycles. The van der Waals surface area contributed by atoms with Crippen molar-refractivity contribution in [2.45, 2.75) is 57.9 Å². The molecular formula is C18H28N4O3. The number of aryl methyl sites for hydroxylation is 1. The smallest absolute Gasteiger partial charge is 0.249 e. The second kappa shape index (κ2) is 8.69. The minimum absolute atomic E-state index is 0.0476. The molecule has 0 spiro atoms. The summed E-state index contributed by atoms with van der Waals surface area (Å²) in [6, 6.07) is 0.424. The predicted octanol–water partition coefficient (Wildman–Crippen LogP) is 1.06. The van der Waals surface area contributed by atoms with Crippen LogP contribution in [0.4, 0.5) is 0 Å². The molecule has 0 unspecified atom stereocenters. The summed E-state index contributed by atoms with van der Waals surface area (Å²) in [5.41, 5.74) is 1.63. The number of carbonyl (C=O) groups excluding carboxylic acids is 1. The van der Waals surface area contributed by atoms with Gasteiger partial charge in [-0.1, -0.05) is 0 Å². The molecular weight excluding hydrogens is 320 g/mol. The average molecular weight is 348 g/mol. The van der Waals surface area contributed by atoms with Crippen molar-refractivity contribution in [3.63, 3.8) is 0 Å². The lowest BCUT2D eigenvalue weighted by atomic mass is 9.98. The van der Waals surface area contributed by atoms with Gasteiger partial charge in [0.05, 0.1) is 36.8 Å². The highest BCUT2D eigenvalue weighted by atomic mass is 16.5. The Hall–Kier alpha value is -1.57. The van der Waals surface area contributed by atoms with E-state index in [0.29, 0.717) is 12.6 Å². The number of likely N-dealkylation sites (tertiary alicyclic amines) is 1. The summed E-state index contributed by atoms with van der Waals surface area (Å²) < 4.78 is 11.5. The van der Waals surface area contributed by atoms with Crippen molar-refractivity contribution in [1.82, 2.24) is 20.2 Å². The van der Waals surface area contributed by atoms with Crippen LogP contribution in [0.5, 0.6) is 0 Å². The molecule has 3 rings (SSSR count). The zero-order valence-electron chi connectivity index (χ0n) is 15.1. The monoisotopic (exact) mass is 348 g/mol. The van der Waals surface area contributed by atoms with Gasteiger partial charge in [0, 0.05) is 31.9 Å². The molecule has 0 saturated carbocycles. The number of fused-ring (bicyclic) bond motifs is 1. The Morgan fingerprint density at radius 1 is 1.36 bits per heavy atom. The van der Waals surface area contributed by atoms with E-state index in [0.717, 1.165) is 57.0 Å². The van der Waals surface area contributed by atoms with E-state index in [1.54, 1.807) is 12.4 Å². The maximum Gasteiger partial charge on any atom is 0.249 e. The van der Waals surface area contributed by atoms with Gasteiger partial charge in [0.2, 0.25) is 5.91 Å². The third kappa shape index (κ3) is 4.74. The van der Waals surface area contributed by atoms with E-state index in [2.05, 4.69) is 20.2 Å². The Morgan fingerprint density at radius 3 is 3.00 bits per heavy atom. The molecule has 7 nitrogen and oxygen atoms in total. The maximum absolute atomic E-state index is 12.4. The van der Waals surface area contributed by atoms with Crippen LogP contribution in [-0.4, -0.2) is 65.3 Å². The Bertz CT molecular complexity index is 566. The molecule has 1 amide bonds. The fraction of sp³-hybridized carbons (Fsp3) is 0.722. The Labute approximate surface area is 149 Å². The van der Waals surface area contributed by atoms with E-state index in [1.165, 1.54) is 0 Å². The van der Waals surface area contributed by atoms with Crippen LogP contribution in [0.3, 0.4) is 0 Å². The third-order valence-corrected chi connectivity index (χ3v) is 4.96. The molecule has 2 aliphatic heterocycles. The van der Waals surface area contributed by atoms with Crippen LogP contribution >= 0.6 is 0 Å². The predicted molar refractivity (Wildman–Crippen MR) is 93.0 cm³/mol. The van der Waals surface area contributed by atoms with Crippen LogP contribution in [0.25, 0.3) is 0 Å². The minimum Gasteiger partial charge on any atom is -0.380 e. The van der Waals surface area contributed by atoms with E-state index in [9.17, 15) is 4.79 Å². The van der Waals surface area contributed by atoms with E-state index in [1.807, 2.05) is 13.8 Å². The van der Waals surface area contributed by atoms with Gasteiger partial charge >= 0.3 is 0 Å². The Morgan fingerprint density at radius 2 is 2.24 bits per heavy atom. The highest BCUT2D eigenvalue weighted by Crippen LogP contribution is 2.31. The molecule has 3 heterocycles. The number of amides is 1. The number of nitrogens with zero attached hydrogens (tertiary/aromatic N) is 3. The summed E-state index contributed by atoms with van der Waals surface area (Å²) in [6.45, 7) is 7.79. The van der Waals surface area contributed by atoms with Gasteiger partial charge < -0.3 is 14.8 Å². The highest BCUT2D eigenvalue weighted by molar-refractivity contribution is 5.80. The lowest BCUT2D eigenvalue weighted by Crippen LogP contribution is -2.48. The largest absolute Gasteiger partial charge is 0.380 e. The van der Waals surface area contributed by atoms with Gasteiger partial charge in [-0.2, -0.15) is 0 Å². The van der Waals surface area contributed by atoms with Crippen molar-refractivity contribution in [1.29, 1.82) is 0 Å².